The molecule has 1 rings (SSSR count). The van der Waals surface area contributed by atoms with Crippen molar-refractivity contribution < 1.29 is 0 Å². The van der Waals surface area contributed by atoms with E-state index in [2.05, 4.69) is 4.98 Å². The maximum Gasteiger partial charge on any atom is 0.131 e. The fourth-order valence-corrected chi connectivity index (χ4v) is 0.932. The summed E-state index contributed by atoms with van der Waals surface area (Å²) >= 11 is 5.73. The number of aryl methyl sites for hydroxylation is 1. The number of aromatic nitrogens is 1. The second-order valence-corrected chi connectivity index (χ2v) is 3.02. The van der Waals surface area contributed by atoms with Crippen molar-refractivity contribution in [2.24, 2.45) is 5.73 Å². The first-order valence-electron chi connectivity index (χ1n) is 3.49. The van der Waals surface area contributed by atoms with Crippen LogP contribution in [0.1, 0.15) is 24.1 Å². The minimum Gasteiger partial charge on any atom is -0.324 e. The van der Waals surface area contributed by atoms with Crippen LogP contribution >= 0.6 is 11.6 Å². The highest BCUT2D eigenvalue weighted by Crippen LogP contribution is 2.15. The molecule has 0 aliphatic rings. The van der Waals surface area contributed by atoms with E-state index in [1.165, 1.54) is 0 Å². The van der Waals surface area contributed by atoms with E-state index >= 15 is 0 Å². The van der Waals surface area contributed by atoms with Crippen LogP contribution < -0.4 is 5.73 Å². The van der Waals surface area contributed by atoms with Gasteiger partial charge in [-0.25, -0.2) is 4.98 Å². The molecule has 1 aromatic heterocycles. The average molecular weight is 171 g/mol. The molecule has 0 aliphatic carbocycles. The summed E-state index contributed by atoms with van der Waals surface area (Å²) in [5, 5.41) is 0.550. The summed E-state index contributed by atoms with van der Waals surface area (Å²) < 4.78 is 0. The number of hydrogen-bond acceptors (Lipinski definition) is 2. The highest BCUT2D eigenvalue weighted by atomic mass is 35.5. The van der Waals surface area contributed by atoms with Gasteiger partial charge in [0.1, 0.15) is 5.15 Å². The Labute approximate surface area is 71.4 Å². The largest absolute Gasteiger partial charge is 0.324 e. The van der Waals surface area contributed by atoms with E-state index in [9.17, 15) is 0 Å². The topological polar surface area (TPSA) is 38.9 Å². The molecule has 3 heteroatoms. The van der Waals surface area contributed by atoms with Crippen molar-refractivity contribution >= 4 is 11.6 Å². The van der Waals surface area contributed by atoms with E-state index in [-0.39, 0.29) is 6.04 Å². The molecule has 60 valence electrons. The SMILES string of the molecule is Cc1cc(C(C)N)cnc1Cl. The molecule has 0 aromatic carbocycles. The first kappa shape index (κ1) is 8.50. The van der Waals surface area contributed by atoms with Crippen molar-refractivity contribution in [2.45, 2.75) is 19.9 Å². The maximum atomic E-state index is 5.73. The molecule has 0 saturated carbocycles. The molecule has 11 heavy (non-hydrogen) atoms. The normalized spacial score (nSPS) is 13.1. The van der Waals surface area contributed by atoms with E-state index in [0.717, 1.165) is 11.1 Å². The molecule has 0 spiro atoms. The van der Waals surface area contributed by atoms with Crippen molar-refractivity contribution in [3.63, 3.8) is 0 Å². The Hall–Kier alpha value is -0.600. The van der Waals surface area contributed by atoms with Crippen molar-refractivity contribution in [3.8, 4) is 0 Å². The van der Waals surface area contributed by atoms with Gasteiger partial charge in [0.2, 0.25) is 0 Å². The van der Waals surface area contributed by atoms with Gasteiger partial charge < -0.3 is 5.73 Å². The van der Waals surface area contributed by atoms with Crippen LogP contribution in [0, 0.1) is 6.92 Å². The van der Waals surface area contributed by atoms with E-state index in [0.29, 0.717) is 5.15 Å². The van der Waals surface area contributed by atoms with Crippen molar-refractivity contribution in [3.05, 3.63) is 28.5 Å². The van der Waals surface area contributed by atoms with Crippen LogP contribution in [-0.4, -0.2) is 4.98 Å². The lowest BCUT2D eigenvalue weighted by Gasteiger charge is -2.05. The summed E-state index contributed by atoms with van der Waals surface area (Å²) in [6.07, 6.45) is 1.71. The summed E-state index contributed by atoms with van der Waals surface area (Å²) in [5.41, 5.74) is 7.64. The molecule has 2 nitrogen and oxygen atoms in total. The molecular weight excluding hydrogens is 160 g/mol. The van der Waals surface area contributed by atoms with Crippen LogP contribution in [0.3, 0.4) is 0 Å². The quantitative estimate of drug-likeness (QED) is 0.656. The molecule has 0 amide bonds. The Morgan fingerprint density at radius 3 is 2.73 bits per heavy atom. The molecular formula is C8H11ClN2. The zero-order valence-electron chi connectivity index (χ0n) is 6.63. The Kier molecular flexibility index (Phi) is 2.47. The number of nitrogens with zero attached hydrogens (tertiary/aromatic N) is 1. The molecule has 0 radical (unpaired) electrons. The third-order valence-corrected chi connectivity index (χ3v) is 1.96. The van der Waals surface area contributed by atoms with Gasteiger partial charge in [0.25, 0.3) is 0 Å². The number of pyridine rings is 1. The second-order valence-electron chi connectivity index (χ2n) is 2.67. The summed E-state index contributed by atoms with van der Waals surface area (Å²) in [4.78, 5) is 3.99. The fraction of sp³-hybridized carbons (Fsp3) is 0.375. The van der Waals surface area contributed by atoms with Crippen LogP contribution in [0.4, 0.5) is 0 Å². The lowest BCUT2D eigenvalue weighted by Crippen LogP contribution is -2.05. The van der Waals surface area contributed by atoms with E-state index in [1.807, 2.05) is 19.9 Å². The van der Waals surface area contributed by atoms with E-state index in [1.54, 1.807) is 6.20 Å². The van der Waals surface area contributed by atoms with Gasteiger partial charge in [0.05, 0.1) is 0 Å². The smallest absolute Gasteiger partial charge is 0.131 e. The molecule has 1 atom stereocenters. The first-order chi connectivity index (χ1) is 5.11. The minimum atomic E-state index is 0.0264. The van der Waals surface area contributed by atoms with Crippen molar-refractivity contribution in [1.82, 2.24) is 4.98 Å². The van der Waals surface area contributed by atoms with Crippen LogP contribution in [0.2, 0.25) is 5.15 Å². The van der Waals surface area contributed by atoms with Crippen molar-refractivity contribution in [2.75, 3.05) is 0 Å². The summed E-state index contributed by atoms with van der Waals surface area (Å²) in [6.45, 7) is 3.84. The van der Waals surface area contributed by atoms with Crippen LogP contribution in [0.5, 0.6) is 0 Å². The van der Waals surface area contributed by atoms with Gasteiger partial charge in [-0.2, -0.15) is 0 Å². The van der Waals surface area contributed by atoms with Crippen LogP contribution in [0.25, 0.3) is 0 Å². The predicted molar refractivity (Wildman–Crippen MR) is 46.6 cm³/mol. The maximum absolute atomic E-state index is 5.73. The summed E-state index contributed by atoms with van der Waals surface area (Å²) in [6, 6.07) is 1.98. The standard InChI is InChI=1S/C8H11ClN2/c1-5-3-7(6(2)10)4-11-8(5)9/h3-4,6H,10H2,1-2H3. The fourth-order valence-electron chi connectivity index (χ4n) is 0.829. The first-order valence-corrected chi connectivity index (χ1v) is 3.86. The van der Waals surface area contributed by atoms with Gasteiger partial charge in [-0.1, -0.05) is 11.6 Å². The average Bonchev–Trinajstić information content (AvgIpc) is 1.94. The number of hydrogen-bond donors (Lipinski definition) is 1. The molecule has 0 fully saturated rings. The predicted octanol–water partition coefficient (Wildman–Crippen LogP) is 2.06. The molecule has 1 heterocycles. The Balaban J connectivity index is 3.05. The zero-order chi connectivity index (χ0) is 8.43. The van der Waals surface area contributed by atoms with Crippen LogP contribution in [0.15, 0.2) is 12.3 Å². The monoisotopic (exact) mass is 170 g/mol. The Morgan fingerprint density at radius 1 is 1.64 bits per heavy atom. The molecule has 0 bridgehead atoms. The van der Waals surface area contributed by atoms with E-state index in [4.69, 9.17) is 17.3 Å². The second kappa shape index (κ2) is 3.20. The highest BCUT2D eigenvalue weighted by Gasteiger charge is 2.01. The van der Waals surface area contributed by atoms with Gasteiger partial charge >= 0.3 is 0 Å². The van der Waals surface area contributed by atoms with Gasteiger partial charge in [-0.05, 0) is 31.0 Å². The van der Waals surface area contributed by atoms with Gasteiger partial charge in [0.15, 0.2) is 0 Å². The number of rotatable bonds is 1. The molecule has 2 N–H and O–H groups in total. The minimum absolute atomic E-state index is 0.0264. The zero-order valence-corrected chi connectivity index (χ0v) is 7.39. The molecule has 0 saturated heterocycles. The Morgan fingerprint density at radius 2 is 2.27 bits per heavy atom. The highest BCUT2D eigenvalue weighted by molar-refractivity contribution is 6.30. The lowest BCUT2D eigenvalue weighted by atomic mass is 10.1. The number of halogens is 1. The van der Waals surface area contributed by atoms with Gasteiger partial charge in [0, 0.05) is 12.2 Å². The summed E-state index contributed by atoms with van der Waals surface area (Å²) in [7, 11) is 0. The van der Waals surface area contributed by atoms with Gasteiger partial charge in [-0.15, -0.1) is 0 Å². The summed E-state index contributed by atoms with van der Waals surface area (Å²) in [5.74, 6) is 0. The third-order valence-electron chi connectivity index (χ3n) is 1.56. The molecule has 0 aliphatic heterocycles. The van der Waals surface area contributed by atoms with Gasteiger partial charge in [-0.3, -0.25) is 0 Å². The number of nitrogens with two attached hydrogens (primary N) is 1. The Bertz CT molecular complexity index is 258. The van der Waals surface area contributed by atoms with Crippen molar-refractivity contribution in [1.29, 1.82) is 0 Å². The molecule has 1 unspecified atom stereocenters. The lowest BCUT2D eigenvalue weighted by molar-refractivity contribution is 0.810. The molecule has 1 aromatic rings. The third kappa shape index (κ3) is 1.91. The van der Waals surface area contributed by atoms with E-state index < -0.39 is 0 Å². The van der Waals surface area contributed by atoms with Crippen LogP contribution in [-0.2, 0) is 0 Å².